The van der Waals surface area contributed by atoms with Gasteiger partial charge in [-0.2, -0.15) is 0 Å². The van der Waals surface area contributed by atoms with Crippen LogP contribution in [0.15, 0.2) is 27.6 Å². The number of aromatic carboxylic acids is 1. The Labute approximate surface area is 114 Å². The van der Waals surface area contributed by atoms with Crippen LogP contribution in [0.2, 0.25) is 0 Å². The van der Waals surface area contributed by atoms with Crippen LogP contribution in [0, 0.1) is 0 Å². The maximum Gasteiger partial charge on any atom is 0.336 e. The molecule has 0 saturated heterocycles. The van der Waals surface area contributed by atoms with E-state index in [4.69, 9.17) is 5.11 Å². The van der Waals surface area contributed by atoms with Crippen LogP contribution in [0.25, 0.3) is 0 Å². The van der Waals surface area contributed by atoms with Gasteiger partial charge in [-0.1, -0.05) is 19.3 Å². The van der Waals surface area contributed by atoms with Crippen molar-refractivity contribution in [2.45, 2.75) is 42.2 Å². The summed E-state index contributed by atoms with van der Waals surface area (Å²) in [6.07, 6.45) is 6.46. The third kappa shape index (κ3) is 3.49. The molecule has 1 aromatic rings. The van der Waals surface area contributed by atoms with Crippen molar-refractivity contribution in [1.82, 2.24) is 0 Å². The molecule has 1 fully saturated rings. The second kappa shape index (κ2) is 5.91. The minimum atomic E-state index is -0.872. The van der Waals surface area contributed by atoms with Gasteiger partial charge in [-0.25, -0.2) is 4.79 Å². The topological polar surface area (TPSA) is 37.3 Å². The third-order valence-corrected chi connectivity index (χ3v) is 5.05. The first-order valence-corrected chi connectivity index (χ1v) is 7.53. The molecular weight excluding hydrogens is 300 g/mol. The third-order valence-electron chi connectivity index (χ3n) is 3.02. The van der Waals surface area contributed by atoms with Crippen molar-refractivity contribution in [1.29, 1.82) is 0 Å². The lowest BCUT2D eigenvalue weighted by Gasteiger charge is -2.21. The average molecular weight is 315 g/mol. The number of hydrogen-bond acceptors (Lipinski definition) is 2. The van der Waals surface area contributed by atoms with E-state index in [1.54, 1.807) is 6.07 Å². The number of hydrogen-bond donors (Lipinski definition) is 1. The fourth-order valence-electron chi connectivity index (χ4n) is 2.12. The predicted octanol–water partition coefficient (Wildman–Crippen LogP) is 4.57. The van der Waals surface area contributed by atoms with E-state index >= 15 is 0 Å². The second-order valence-corrected chi connectivity index (χ2v) is 6.55. The summed E-state index contributed by atoms with van der Waals surface area (Å²) in [6.45, 7) is 0. The Kier molecular flexibility index (Phi) is 4.51. The number of halogens is 1. The maximum atomic E-state index is 11.0. The van der Waals surface area contributed by atoms with Gasteiger partial charge in [-0.15, -0.1) is 11.8 Å². The molecule has 0 aromatic heterocycles. The van der Waals surface area contributed by atoms with E-state index in [2.05, 4.69) is 15.9 Å². The molecule has 1 aromatic carbocycles. The summed E-state index contributed by atoms with van der Waals surface area (Å²) in [4.78, 5) is 12.1. The number of carboxylic acids is 1. The van der Waals surface area contributed by atoms with Crippen LogP contribution in [0.3, 0.4) is 0 Å². The van der Waals surface area contributed by atoms with Crippen LogP contribution in [-0.4, -0.2) is 16.3 Å². The van der Waals surface area contributed by atoms with Gasteiger partial charge in [0.2, 0.25) is 0 Å². The van der Waals surface area contributed by atoms with Crippen LogP contribution < -0.4 is 0 Å². The summed E-state index contributed by atoms with van der Waals surface area (Å²) in [6, 6.07) is 5.59. The largest absolute Gasteiger partial charge is 0.478 e. The minimum absolute atomic E-state index is 0.353. The van der Waals surface area contributed by atoms with E-state index < -0.39 is 5.97 Å². The molecule has 0 unspecified atom stereocenters. The van der Waals surface area contributed by atoms with Gasteiger partial charge in [0.05, 0.1) is 5.56 Å². The molecule has 1 saturated carbocycles. The molecule has 1 aliphatic rings. The molecule has 0 amide bonds. The first-order valence-electron chi connectivity index (χ1n) is 5.86. The van der Waals surface area contributed by atoms with Crippen molar-refractivity contribution in [3.63, 3.8) is 0 Å². The summed E-state index contributed by atoms with van der Waals surface area (Å²) in [5, 5.41) is 9.72. The Morgan fingerprint density at radius 2 is 2.00 bits per heavy atom. The minimum Gasteiger partial charge on any atom is -0.478 e. The summed E-state index contributed by atoms with van der Waals surface area (Å²) >= 11 is 5.09. The van der Waals surface area contributed by atoms with Crippen LogP contribution >= 0.6 is 27.7 Å². The zero-order valence-electron chi connectivity index (χ0n) is 9.49. The Bertz CT molecular complexity index is 414. The molecule has 0 aliphatic heterocycles. The predicted molar refractivity (Wildman–Crippen MR) is 73.8 cm³/mol. The van der Waals surface area contributed by atoms with E-state index in [9.17, 15) is 4.79 Å². The van der Waals surface area contributed by atoms with Gasteiger partial charge in [0, 0.05) is 14.6 Å². The van der Waals surface area contributed by atoms with Gasteiger partial charge in [0.15, 0.2) is 0 Å². The van der Waals surface area contributed by atoms with Gasteiger partial charge < -0.3 is 5.11 Å². The molecular formula is C13H15BrO2S. The molecule has 0 atom stereocenters. The van der Waals surface area contributed by atoms with Gasteiger partial charge >= 0.3 is 5.97 Å². The highest BCUT2D eigenvalue weighted by molar-refractivity contribution is 9.10. The Hall–Kier alpha value is -0.480. The fourth-order valence-corrected chi connectivity index (χ4v) is 3.82. The first kappa shape index (κ1) is 13.0. The molecule has 92 valence electrons. The quantitative estimate of drug-likeness (QED) is 0.887. The van der Waals surface area contributed by atoms with Crippen LogP contribution in [0.1, 0.15) is 42.5 Å². The van der Waals surface area contributed by atoms with Crippen molar-refractivity contribution in [3.05, 3.63) is 28.2 Å². The standard InChI is InChI=1S/C13H15BrO2S/c14-12-7-6-10(8-11(12)13(15)16)17-9-4-2-1-3-5-9/h6-9H,1-5H2,(H,15,16). The summed E-state index contributed by atoms with van der Waals surface area (Å²) in [7, 11) is 0. The molecule has 2 rings (SSSR count). The lowest BCUT2D eigenvalue weighted by Crippen LogP contribution is -2.08. The van der Waals surface area contributed by atoms with Gasteiger partial charge in [0.1, 0.15) is 0 Å². The highest BCUT2D eigenvalue weighted by Crippen LogP contribution is 2.34. The second-order valence-electron chi connectivity index (χ2n) is 4.32. The molecule has 1 aliphatic carbocycles. The highest BCUT2D eigenvalue weighted by Gasteiger charge is 2.16. The lowest BCUT2D eigenvalue weighted by molar-refractivity contribution is 0.0695. The summed E-state index contributed by atoms with van der Waals surface area (Å²) in [5.41, 5.74) is 0.353. The van der Waals surface area contributed by atoms with E-state index in [1.165, 1.54) is 32.1 Å². The van der Waals surface area contributed by atoms with Gasteiger partial charge in [0.25, 0.3) is 0 Å². The molecule has 0 spiro atoms. The van der Waals surface area contributed by atoms with Crippen LogP contribution in [0.4, 0.5) is 0 Å². The van der Waals surface area contributed by atoms with Crippen molar-refractivity contribution in [2.75, 3.05) is 0 Å². The van der Waals surface area contributed by atoms with Crippen molar-refractivity contribution in [2.24, 2.45) is 0 Å². The molecule has 2 nitrogen and oxygen atoms in total. The van der Waals surface area contributed by atoms with Crippen molar-refractivity contribution < 1.29 is 9.90 Å². The molecule has 4 heteroatoms. The smallest absolute Gasteiger partial charge is 0.336 e. The number of benzene rings is 1. The monoisotopic (exact) mass is 314 g/mol. The van der Waals surface area contributed by atoms with Crippen molar-refractivity contribution >= 4 is 33.7 Å². The molecule has 0 radical (unpaired) electrons. The zero-order valence-corrected chi connectivity index (χ0v) is 11.9. The Balaban J connectivity index is 2.10. The van der Waals surface area contributed by atoms with Gasteiger partial charge in [-0.05, 0) is 47.0 Å². The number of carbonyl (C=O) groups is 1. The van der Waals surface area contributed by atoms with E-state index in [1.807, 2.05) is 23.9 Å². The molecule has 0 heterocycles. The number of rotatable bonds is 3. The number of carboxylic acid groups (broad SMARTS) is 1. The summed E-state index contributed by atoms with van der Waals surface area (Å²) in [5.74, 6) is -0.872. The SMILES string of the molecule is O=C(O)c1cc(SC2CCCCC2)ccc1Br. The van der Waals surface area contributed by atoms with E-state index in [-0.39, 0.29) is 0 Å². The Morgan fingerprint density at radius 3 is 2.65 bits per heavy atom. The Morgan fingerprint density at radius 1 is 1.29 bits per heavy atom. The average Bonchev–Trinajstić information content (AvgIpc) is 2.32. The lowest BCUT2D eigenvalue weighted by atomic mass is 10.0. The van der Waals surface area contributed by atoms with E-state index in [0.717, 1.165) is 4.90 Å². The maximum absolute atomic E-state index is 11.0. The molecule has 0 bridgehead atoms. The zero-order chi connectivity index (χ0) is 12.3. The summed E-state index contributed by atoms with van der Waals surface area (Å²) < 4.78 is 0.651. The highest BCUT2D eigenvalue weighted by atomic mass is 79.9. The molecule has 1 N–H and O–H groups in total. The van der Waals surface area contributed by atoms with Crippen LogP contribution in [-0.2, 0) is 0 Å². The fraction of sp³-hybridized carbons (Fsp3) is 0.462. The normalized spacial score (nSPS) is 17.0. The van der Waals surface area contributed by atoms with Gasteiger partial charge in [-0.3, -0.25) is 0 Å². The van der Waals surface area contributed by atoms with Crippen LogP contribution in [0.5, 0.6) is 0 Å². The number of thioether (sulfide) groups is 1. The van der Waals surface area contributed by atoms with Crippen molar-refractivity contribution in [3.8, 4) is 0 Å². The molecule has 17 heavy (non-hydrogen) atoms. The van der Waals surface area contributed by atoms with E-state index in [0.29, 0.717) is 15.3 Å². The first-order chi connectivity index (χ1) is 8.16.